The predicted molar refractivity (Wildman–Crippen MR) is 75.9 cm³/mol. The van der Waals surface area contributed by atoms with Crippen LogP contribution in [0.2, 0.25) is 0 Å². The number of hydrogen-bond donors (Lipinski definition) is 1. The van der Waals surface area contributed by atoms with Crippen molar-refractivity contribution in [3.8, 4) is 0 Å². The van der Waals surface area contributed by atoms with Crippen LogP contribution < -0.4 is 5.32 Å². The van der Waals surface area contributed by atoms with Crippen LogP contribution >= 0.6 is 0 Å². The highest BCUT2D eigenvalue weighted by Gasteiger charge is 2.22. The van der Waals surface area contributed by atoms with Crippen molar-refractivity contribution in [2.45, 2.75) is 66.0 Å². The lowest BCUT2D eigenvalue weighted by molar-refractivity contribution is -0.123. The molecule has 1 amide bonds. The first-order valence-electron chi connectivity index (χ1n) is 7.20. The highest BCUT2D eigenvalue weighted by molar-refractivity contribution is 5.76. The fourth-order valence-corrected chi connectivity index (χ4v) is 2.33. The molecule has 0 bridgehead atoms. The van der Waals surface area contributed by atoms with Gasteiger partial charge in [-0.05, 0) is 38.0 Å². The Kier molecular flexibility index (Phi) is 3.97. The molecule has 4 nitrogen and oxygen atoms in total. The lowest BCUT2D eigenvalue weighted by atomic mass is 9.88. The van der Waals surface area contributed by atoms with Crippen molar-refractivity contribution in [1.82, 2.24) is 14.9 Å². The van der Waals surface area contributed by atoms with Crippen LogP contribution in [0.5, 0.6) is 0 Å². The number of carbonyl (C=O) groups excluding carboxylic acids is 1. The number of hydrogen-bond acceptors (Lipinski definition) is 2. The van der Waals surface area contributed by atoms with E-state index in [0.717, 1.165) is 12.8 Å². The van der Waals surface area contributed by atoms with Gasteiger partial charge in [0, 0.05) is 11.7 Å². The second kappa shape index (κ2) is 5.35. The van der Waals surface area contributed by atoms with E-state index in [4.69, 9.17) is 0 Å². The Labute approximate surface area is 115 Å². The normalized spacial score (nSPS) is 16.8. The molecule has 2 rings (SSSR count). The number of imidazole rings is 1. The van der Waals surface area contributed by atoms with E-state index in [1.54, 1.807) is 0 Å². The second-order valence-electron chi connectivity index (χ2n) is 6.63. The van der Waals surface area contributed by atoms with Crippen LogP contribution in [0.15, 0.2) is 6.33 Å². The maximum atomic E-state index is 12.1. The van der Waals surface area contributed by atoms with E-state index in [2.05, 4.69) is 38.0 Å². The van der Waals surface area contributed by atoms with Crippen LogP contribution in [0.3, 0.4) is 0 Å². The predicted octanol–water partition coefficient (Wildman–Crippen LogP) is 2.31. The van der Waals surface area contributed by atoms with Gasteiger partial charge in [0.2, 0.25) is 5.91 Å². The van der Waals surface area contributed by atoms with Gasteiger partial charge in [0.05, 0.1) is 12.0 Å². The second-order valence-corrected chi connectivity index (χ2v) is 6.63. The van der Waals surface area contributed by atoms with Gasteiger partial charge >= 0.3 is 0 Å². The number of carbonyl (C=O) groups is 1. The third-order valence-corrected chi connectivity index (χ3v) is 4.10. The number of aromatic nitrogens is 2. The van der Waals surface area contributed by atoms with Gasteiger partial charge in [-0.25, -0.2) is 4.98 Å². The molecule has 0 radical (unpaired) electrons. The minimum atomic E-state index is 0.0770. The zero-order valence-corrected chi connectivity index (χ0v) is 12.5. The average molecular weight is 263 g/mol. The number of fused-ring (bicyclic) bond motifs is 1. The molecule has 1 aliphatic rings. The third-order valence-electron chi connectivity index (χ3n) is 4.10. The molecule has 1 aliphatic carbocycles. The quantitative estimate of drug-likeness (QED) is 0.909. The highest BCUT2D eigenvalue weighted by atomic mass is 16.2. The molecule has 0 aromatic carbocycles. The van der Waals surface area contributed by atoms with Gasteiger partial charge < -0.3 is 9.88 Å². The molecule has 1 N–H and O–H groups in total. The maximum Gasteiger partial charge on any atom is 0.240 e. The van der Waals surface area contributed by atoms with E-state index in [-0.39, 0.29) is 17.4 Å². The standard InChI is InChI=1S/C15H25N3O/c1-11(15(2,3)4)17-14(19)9-18-10-16-12-7-5-6-8-13(12)18/h10-11H,5-9H2,1-4H3,(H,17,19). The molecule has 1 atom stereocenters. The molecule has 0 saturated carbocycles. The number of rotatable bonds is 3. The molecule has 1 heterocycles. The fraction of sp³-hybridized carbons (Fsp3) is 0.733. The molecular formula is C15H25N3O. The number of amides is 1. The van der Waals surface area contributed by atoms with Gasteiger partial charge in [-0.15, -0.1) is 0 Å². The van der Waals surface area contributed by atoms with Gasteiger partial charge in [0.15, 0.2) is 0 Å². The van der Waals surface area contributed by atoms with Crippen molar-refractivity contribution >= 4 is 5.91 Å². The topological polar surface area (TPSA) is 46.9 Å². The van der Waals surface area contributed by atoms with Crippen molar-refractivity contribution in [3.63, 3.8) is 0 Å². The molecule has 1 aromatic rings. The van der Waals surface area contributed by atoms with Crippen LogP contribution in [-0.2, 0) is 24.2 Å². The number of nitrogens with zero attached hydrogens (tertiary/aromatic N) is 2. The van der Waals surface area contributed by atoms with E-state index in [1.807, 2.05) is 10.9 Å². The van der Waals surface area contributed by atoms with Crippen molar-refractivity contribution < 1.29 is 4.79 Å². The van der Waals surface area contributed by atoms with Crippen LogP contribution in [0, 0.1) is 5.41 Å². The largest absolute Gasteiger partial charge is 0.352 e. The van der Waals surface area contributed by atoms with Gasteiger partial charge in [-0.2, -0.15) is 0 Å². The van der Waals surface area contributed by atoms with Crippen molar-refractivity contribution in [2.24, 2.45) is 5.41 Å². The number of nitrogens with one attached hydrogen (secondary N) is 1. The zero-order valence-electron chi connectivity index (χ0n) is 12.5. The summed E-state index contributed by atoms with van der Waals surface area (Å²) in [6.45, 7) is 8.86. The summed E-state index contributed by atoms with van der Waals surface area (Å²) in [5.41, 5.74) is 2.53. The van der Waals surface area contributed by atoms with E-state index in [0.29, 0.717) is 6.54 Å². The summed E-state index contributed by atoms with van der Waals surface area (Å²) in [5, 5.41) is 3.08. The Morgan fingerprint density at radius 3 is 2.79 bits per heavy atom. The van der Waals surface area contributed by atoms with E-state index in [9.17, 15) is 4.79 Å². The van der Waals surface area contributed by atoms with Gasteiger partial charge in [-0.3, -0.25) is 4.79 Å². The molecule has 0 spiro atoms. The maximum absolute atomic E-state index is 12.1. The third kappa shape index (κ3) is 3.37. The lowest BCUT2D eigenvalue weighted by Crippen LogP contribution is -2.42. The van der Waals surface area contributed by atoms with Crippen molar-refractivity contribution in [3.05, 3.63) is 17.7 Å². The van der Waals surface area contributed by atoms with Crippen LogP contribution in [-0.4, -0.2) is 21.5 Å². The summed E-state index contributed by atoms with van der Waals surface area (Å²) in [6.07, 6.45) is 6.35. The molecule has 0 aliphatic heterocycles. The van der Waals surface area contributed by atoms with Gasteiger partial charge in [0.1, 0.15) is 6.54 Å². The summed E-state index contributed by atoms with van der Waals surface area (Å²) in [6, 6.07) is 0.166. The number of aryl methyl sites for hydroxylation is 1. The highest BCUT2D eigenvalue weighted by Crippen LogP contribution is 2.20. The molecule has 19 heavy (non-hydrogen) atoms. The Hall–Kier alpha value is -1.32. The summed E-state index contributed by atoms with van der Waals surface area (Å²) in [5.74, 6) is 0.0770. The molecule has 4 heteroatoms. The Balaban J connectivity index is 1.98. The van der Waals surface area contributed by atoms with Crippen molar-refractivity contribution in [2.75, 3.05) is 0 Å². The van der Waals surface area contributed by atoms with Crippen LogP contribution in [0.1, 0.15) is 51.9 Å². The van der Waals surface area contributed by atoms with Gasteiger partial charge in [0.25, 0.3) is 0 Å². The van der Waals surface area contributed by atoms with Gasteiger partial charge in [-0.1, -0.05) is 20.8 Å². The fourth-order valence-electron chi connectivity index (χ4n) is 2.33. The van der Waals surface area contributed by atoms with Crippen LogP contribution in [0.4, 0.5) is 0 Å². The summed E-state index contributed by atoms with van der Waals surface area (Å²) < 4.78 is 2.01. The lowest BCUT2D eigenvalue weighted by Gasteiger charge is -2.28. The van der Waals surface area contributed by atoms with E-state index >= 15 is 0 Å². The average Bonchev–Trinajstić information content (AvgIpc) is 2.71. The molecule has 1 unspecified atom stereocenters. The molecule has 0 fully saturated rings. The minimum absolute atomic E-state index is 0.0770. The first kappa shape index (κ1) is 14.1. The van der Waals surface area contributed by atoms with E-state index in [1.165, 1.54) is 24.2 Å². The van der Waals surface area contributed by atoms with Crippen LogP contribution in [0.25, 0.3) is 0 Å². The van der Waals surface area contributed by atoms with Crippen molar-refractivity contribution in [1.29, 1.82) is 0 Å². The Bertz CT molecular complexity index is 456. The van der Waals surface area contributed by atoms with E-state index < -0.39 is 0 Å². The Morgan fingerprint density at radius 2 is 2.11 bits per heavy atom. The SMILES string of the molecule is CC(NC(=O)Cn1cnc2c1CCCC2)C(C)(C)C. The smallest absolute Gasteiger partial charge is 0.240 e. The monoisotopic (exact) mass is 263 g/mol. The Morgan fingerprint density at radius 1 is 1.42 bits per heavy atom. The molecular weight excluding hydrogens is 238 g/mol. The first-order chi connectivity index (χ1) is 8.88. The summed E-state index contributed by atoms with van der Waals surface area (Å²) >= 11 is 0. The summed E-state index contributed by atoms with van der Waals surface area (Å²) in [7, 11) is 0. The first-order valence-corrected chi connectivity index (χ1v) is 7.20. The summed E-state index contributed by atoms with van der Waals surface area (Å²) in [4.78, 5) is 16.5. The minimum Gasteiger partial charge on any atom is -0.352 e. The zero-order chi connectivity index (χ0) is 14.0. The molecule has 106 valence electrons. The molecule has 1 aromatic heterocycles. The molecule has 0 saturated heterocycles.